The Hall–Kier alpha value is -1.74. The van der Waals surface area contributed by atoms with Crippen molar-refractivity contribution < 1.29 is 0 Å². The second kappa shape index (κ2) is 6.87. The van der Waals surface area contributed by atoms with Crippen molar-refractivity contribution >= 4 is 23.3 Å². The highest BCUT2D eigenvalue weighted by atomic mass is 32.2. The maximum absolute atomic E-state index is 5.13. The zero-order valence-electron chi connectivity index (χ0n) is 15.1. The van der Waals surface area contributed by atoms with Gasteiger partial charge in [0.25, 0.3) is 0 Å². The maximum Gasteiger partial charge on any atom is 0.108 e. The number of rotatable bonds is 2. The van der Waals surface area contributed by atoms with Crippen LogP contribution in [0.1, 0.15) is 35.1 Å². The molecule has 0 aromatic heterocycles. The van der Waals surface area contributed by atoms with Gasteiger partial charge in [0, 0.05) is 11.1 Å². The Balaban J connectivity index is 1.68. The van der Waals surface area contributed by atoms with Crippen molar-refractivity contribution in [3.8, 4) is 0 Å². The van der Waals surface area contributed by atoms with E-state index in [-0.39, 0.29) is 5.41 Å². The van der Waals surface area contributed by atoms with Crippen LogP contribution in [0.5, 0.6) is 0 Å². The van der Waals surface area contributed by atoms with Gasteiger partial charge in [-0.1, -0.05) is 36.4 Å². The molecule has 130 valence electrons. The van der Waals surface area contributed by atoms with E-state index in [1.54, 1.807) is 0 Å². The van der Waals surface area contributed by atoms with E-state index in [1.807, 2.05) is 0 Å². The standard InChI is InChI=1S/C22H26N2S/c1-16-6-5-8-19(17(16)2)15-23-21-22(10-12-25-13-11-22)14-18-7-3-4-9-20(18)24-21/h3-9H,10-15H2,1-2H3,(H,23,24). The van der Waals surface area contributed by atoms with Gasteiger partial charge in [0.05, 0.1) is 6.54 Å². The minimum Gasteiger partial charge on any atom is -0.343 e. The van der Waals surface area contributed by atoms with Gasteiger partial charge in [-0.25, -0.2) is 0 Å². The van der Waals surface area contributed by atoms with Gasteiger partial charge in [0.2, 0.25) is 0 Å². The van der Waals surface area contributed by atoms with Gasteiger partial charge in [0.15, 0.2) is 0 Å². The molecule has 0 radical (unpaired) electrons. The molecule has 0 amide bonds. The van der Waals surface area contributed by atoms with Crippen LogP contribution in [-0.2, 0) is 13.0 Å². The molecule has 2 aliphatic rings. The fourth-order valence-electron chi connectivity index (χ4n) is 4.04. The van der Waals surface area contributed by atoms with Crippen LogP contribution in [0, 0.1) is 19.3 Å². The molecule has 1 N–H and O–H groups in total. The van der Waals surface area contributed by atoms with E-state index in [4.69, 9.17) is 4.99 Å². The van der Waals surface area contributed by atoms with Crippen LogP contribution in [0.25, 0.3) is 0 Å². The predicted octanol–water partition coefficient (Wildman–Crippen LogP) is 5.38. The molecule has 0 aliphatic carbocycles. The molecule has 2 aromatic rings. The lowest BCUT2D eigenvalue weighted by Gasteiger charge is -2.42. The summed E-state index contributed by atoms with van der Waals surface area (Å²) in [7, 11) is 0. The normalized spacial score (nSPS) is 20.3. The van der Waals surface area contributed by atoms with Gasteiger partial charge < -0.3 is 5.32 Å². The molecule has 1 fully saturated rings. The summed E-state index contributed by atoms with van der Waals surface area (Å²) in [4.78, 5) is 5.13. The molecule has 25 heavy (non-hydrogen) atoms. The number of amidine groups is 1. The summed E-state index contributed by atoms with van der Waals surface area (Å²) in [6.45, 7) is 5.16. The van der Waals surface area contributed by atoms with Crippen molar-refractivity contribution in [3.05, 3.63) is 64.7 Å². The Kier molecular flexibility index (Phi) is 4.60. The van der Waals surface area contributed by atoms with E-state index in [0.29, 0.717) is 0 Å². The quantitative estimate of drug-likeness (QED) is 0.786. The summed E-state index contributed by atoms with van der Waals surface area (Å²) in [5, 5.41) is 3.70. The lowest BCUT2D eigenvalue weighted by molar-refractivity contribution is 0.377. The molecule has 2 aliphatic heterocycles. The van der Waals surface area contributed by atoms with Gasteiger partial charge in [-0.05, 0) is 72.9 Å². The molecule has 0 saturated carbocycles. The van der Waals surface area contributed by atoms with E-state index >= 15 is 0 Å². The van der Waals surface area contributed by atoms with Crippen LogP contribution < -0.4 is 5.32 Å². The molecular weight excluding hydrogens is 324 g/mol. The number of benzene rings is 2. The van der Waals surface area contributed by atoms with Gasteiger partial charge in [0.1, 0.15) is 5.84 Å². The molecule has 0 atom stereocenters. The van der Waals surface area contributed by atoms with Crippen LogP contribution in [-0.4, -0.2) is 17.3 Å². The van der Waals surface area contributed by atoms with Crippen molar-refractivity contribution in [3.63, 3.8) is 0 Å². The van der Waals surface area contributed by atoms with Gasteiger partial charge in [-0.2, -0.15) is 11.8 Å². The Morgan fingerprint density at radius 1 is 1.04 bits per heavy atom. The number of hydrogen-bond donors (Lipinski definition) is 1. The minimum atomic E-state index is 0.206. The smallest absolute Gasteiger partial charge is 0.108 e. The van der Waals surface area contributed by atoms with Gasteiger partial charge >= 0.3 is 0 Å². The zero-order valence-corrected chi connectivity index (χ0v) is 16.0. The SMILES string of the molecule is Cc1cccc(CN=C2Nc3ccccc3CC23CCSCC3)c1C. The number of nitrogens with zero attached hydrogens (tertiary/aromatic N) is 1. The van der Waals surface area contributed by atoms with E-state index in [1.165, 1.54) is 58.1 Å². The van der Waals surface area contributed by atoms with Crippen molar-refractivity contribution in [2.24, 2.45) is 10.4 Å². The third-order valence-corrected chi connectivity index (χ3v) is 6.86. The number of aliphatic imine (C=N–C) groups is 1. The second-order valence-corrected chi connectivity index (χ2v) is 8.60. The number of anilines is 1. The molecule has 1 spiro atoms. The fraction of sp³-hybridized carbons (Fsp3) is 0.409. The summed E-state index contributed by atoms with van der Waals surface area (Å²) in [6, 6.07) is 15.3. The molecule has 4 rings (SSSR count). The summed E-state index contributed by atoms with van der Waals surface area (Å²) in [6.07, 6.45) is 3.58. The van der Waals surface area contributed by atoms with Crippen LogP contribution in [0.15, 0.2) is 47.5 Å². The summed E-state index contributed by atoms with van der Waals surface area (Å²) < 4.78 is 0. The summed E-state index contributed by atoms with van der Waals surface area (Å²) >= 11 is 2.08. The molecule has 1 saturated heterocycles. The number of aryl methyl sites for hydroxylation is 1. The molecule has 3 heteroatoms. The predicted molar refractivity (Wildman–Crippen MR) is 110 cm³/mol. The van der Waals surface area contributed by atoms with Crippen molar-refractivity contribution in [2.45, 2.75) is 39.7 Å². The lowest BCUT2D eigenvalue weighted by atomic mass is 9.73. The number of para-hydroxylation sites is 1. The minimum absolute atomic E-state index is 0.206. The Bertz CT molecular complexity index is 803. The molecule has 2 nitrogen and oxygen atoms in total. The van der Waals surface area contributed by atoms with Crippen LogP contribution >= 0.6 is 11.8 Å². The molecule has 0 bridgehead atoms. The monoisotopic (exact) mass is 350 g/mol. The first-order chi connectivity index (χ1) is 12.2. The van der Waals surface area contributed by atoms with Crippen molar-refractivity contribution in [2.75, 3.05) is 16.8 Å². The van der Waals surface area contributed by atoms with Gasteiger partial charge in [-0.3, -0.25) is 4.99 Å². The number of nitrogens with one attached hydrogen (secondary N) is 1. The molecule has 0 unspecified atom stereocenters. The third kappa shape index (κ3) is 3.22. The van der Waals surface area contributed by atoms with Crippen molar-refractivity contribution in [1.82, 2.24) is 0 Å². The maximum atomic E-state index is 5.13. The second-order valence-electron chi connectivity index (χ2n) is 7.38. The van der Waals surface area contributed by atoms with E-state index < -0.39 is 0 Å². The average Bonchev–Trinajstić information content (AvgIpc) is 2.64. The summed E-state index contributed by atoms with van der Waals surface area (Å²) in [5.74, 6) is 3.70. The highest BCUT2D eigenvalue weighted by Gasteiger charge is 2.41. The van der Waals surface area contributed by atoms with Crippen LogP contribution in [0.4, 0.5) is 5.69 Å². The number of thioether (sulfide) groups is 1. The van der Waals surface area contributed by atoms with E-state index in [0.717, 1.165) is 13.0 Å². The Morgan fingerprint density at radius 3 is 2.68 bits per heavy atom. The zero-order chi connectivity index (χ0) is 17.3. The number of fused-ring (bicyclic) bond motifs is 1. The topological polar surface area (TPSA) is 24.4 Å². The lowest BCUT2D eigenvalue weighted by Crippen LogP contribution is -2.44. The van der Waals surface area contributed by atoms with E-state index in [9.17, 15) is 0 Å². The Labute approximate surface area is 155 Å². The molecular formula is C22H26N2S. The van der Waals surface area contributed by atoms with Crippen LogP contribution in [0.3, 0.4) is 0 Å². The largest absolute Gasteiger partial charge is 0.343 e. The van der Waals surface area contributed by atoms with Gasteiger partial charge in [-0.15, -0.1) is 0 Å². The van der Waals surface area contributed by atoms with Crippen LogP contribution in [0.2, 0.25) is 0 Å². The first kappa shape index (κ1) is 16.7. The highest BCUT2D eigenvalue weighted by Crippen LogP contribution is 2.44. The molecule has 2 heterocycles. The first-order valence-corrected chi connectivity index (χ1v) is 10.4. The number of hydrogen-bond acceptors (Lipinski definition) is 2. The molecule has 2 aromatic carbocycles. The third-order valence-electron chi connectivity index (χ3n) is 5.88. The summed E-state index contributed by atoms with van der Waals surface area (Å²) in [5.41, 5.74) is 6.96. The first-order valence-electron chi connectivity index (χ1n) is 9.21. The van der Waals surface area contributed by atoms with E-state index in [2.05, 4.69) is 73.4 Å². The Morgan fingerprint density at radius 2 is 1.84 bits per heavy atom. The highest BCUT2D eigenvalue weighted by molar-refractivity contribution is 7.99. The average molecular weight is 351 g/mol. The van der Waals surface area contributed by atoms with Crippen molar-refractivity contribution in [1.29, 1.82) is 0 Å². The fourth-order valence-corrected chi connectivity index (χ4v) is 5.31.